The summed E-state index contributed by atoms with van der Waals surface area (Å²) in [5.74, 6) is -1.28. The molecule has 0 aliphatic rings. The predicted molar refractivity (Wildman–Crippen MR) is 107 cm³/mol. The highest BCUT2D eigenvalue weighted by atomic mass is 16.5. The van der Waals surface area contributed by atoms with E-state index in [-0.39, 0.29) is 12.1 Å². The zero-order valence-electron chi connectivity index (χ0n) is 16.5. The van der Waals surface area contributed by atoms with Crippen molar-refractivity contribution in [1.82, 2.24) is 10.5 Å². The summed E-state index contributed by atoms with van der Waals surface area (Å²) in [6, 6.07) is 15.7. The molecule has 2 aromatic carbocycles. The van der Waals surface area contributed by atoms with Crippen molar-refractivity contribution in [2.75, 3.05) is 13.7 Å². The topological polar surface area (TPSA) is 108 Å². The van der Waals surface area contributed by atoms with Crippen LogP contribution >= 0.6 is 0 Å². The lowest BCUT2D eigenvalue weighted by Gasteiger charge is -2.08. The van der Waals surface area contributed by atoms with Crippen molar-refractivity contribution >= 4 is 17.8 Å². The maximum absolute atomic E-state index is 12.5. The van der Waals surface area contributed by atoms with Crippen LogP contribution in [0.25, 0.3) is 11.3 Å². The first-order valence-corrected chi connectivity index (χ1v) is 9.12. The number of amides is 1. The highest BCUT2D eigenvalue weighted by Gasteiger charge is 2.23. The maximum Gasteiger partial charge on any atom is 0.344 e. The van der Waals surface area contributed by atoms with Gasteiger partial charge in [0.1, 0.15) is 17.0 Å². The molecule has 1 heterocycles. The summed E-state index contributed by atoms with van der Waals surface area (Å²) in [5.41, 5.74) is 2.46. The SMILES string of the molecule is COC(=O)c1ccc(CNC(=O)COC(=O)c2c(-c3ccccc3)noc2C)cc1. The molecule has 3 aromatic rings. The molecule has 1 N–H and O–H groups in total. The standard InChI is InChI=1S/C22H20N2O6/c1-14-19(20(24-30-14)16-6-4-3-5-7-16)22(27)29-13-18(25)23-12-15-8-10-17(11-9-15)21(26)28-2/h3-11H,12-13H2,1-2H3,(H,23,25). The normalized spacial score (nSPS) is 10.3. The van der Waals surface area contributed by atoms with E-state index >= 15 is 0 Å². The van der Waals surface area contributed by atoms with Gasteiger partial charge in [0.25, 0.3) is 5.91 Å². The van der Waals surface area contributed by atoms with Crippen LogP contribution < -0.4 is 5.32 Å². The molecular weight excluding hydrogens is 388 g/mol. The molecule has 3 rings (SSSR count). The predicted octanol–water partition coefficient (Wildman–Crippen LogP) is 2.91. The Labute approximate surface area is 172 Å². The molecule has 1 aromatic heterocycles. The third-order valence-electron chi connectivity index (χ3n) is 4.31. The lowest BCUT2D eigenvalue weighted by molar-refractivity contribution is -0.124. The molecule has 0 radical (unpaired) electrons. The van der Waals surface area contributed by atoms with E-state index in [4.69, 9.17) is 9.26 Å². The van der Waals surface area contributed by atoms with Crippen LogP contribution in [-0.2, 0) is 20.8 Å². The molecule has 0 aliphatic carbocycles. The zero-order valence-corrected chi connectivity index (χ0v) is 16.5. The van der Waals surface area contributed by atoms with Crippen LogP contribution in [0.5, 0.6) is 0 Å². The summed E-state index contributed by atoms with van der Waals surface area (Å²) < 4.78 is 14.9. The second-order valence-electron chi connectivity index (χ2n) is 6.37. The monoisotopic (exact) mass is 408 g/mol. The molecule has 0 fully saturated rings. The van der Waals surface area contributed by atoms with E-state index in [0.717, 1.165) is 5.56 Å². The number of methoxy groups -OCH3 is 1. The first kappa shape index (κ1) is 20.8. The van der Waals surface area contributed by atoms with Crippen molar-refractivity contribution in [3.05, 3.63) is 77.0 Å². The van der Waals surface area contributed by atoms with Gasteiger partial charge in [-0.1, -0.05) is 47.6 Å². The van der Waals surface area contributed by atoms with Gasteiger partial charge in [-0.3, -0.25) is 4.79 Å². The van der Waals surface area contributed by atoms with Crippen molar-refractivity contribution in [1.29, 1.82) is 0 Å². The molecule has 8 nitrogen and oxygen atoms in total. The average molecular weight is 408 g/mol. The summed E-state index contributed by atoms with van der Waals surface area (Å²) in [6.45, 7) is 1.38. The van der Waals surface area contributed by atoms with Gasteiger partial charge >= 0.3 is 11.9 Å². The number of carbonyl (C=O) groups is 3. The Morgan fingerprint density at radius 1 is 1.00 bits per heavy atom. The minimum absolute atomic E-state index is 0.187. The van der Waals surface area contributed by atoms with Gasteiger partial charge in [-0.2, -0.15) is 0 Å². The lowest BCUT2D eigenvalue weighted by Crippen LogP contribution is -2.28. The fourth-order valence-electron chi connectivity index (χ4n) is 2.74. The number of rotatable bonds is 7. The molecule has 0 atom stereocenters. The first-order chi connectivity index (χ1) is 14.5. The van der Waals surface area contributed by atoms with Gasteiger partial charge < -0.3 is 19.3 Å². The highest BCUT2D eigenvalue weighted by molar-refractivity contribution is 5.98. The quantitative estimate of drug-likeness (QED) is 0.599. The van der Waals surface area contributed by atoms with E-state index < -0.39 is 24.5 Å². The number of hydrogen-bond donors (Lipinski definition) is 1. The molecule has 0 spiro atoms. The van der Waals surface area contributed by atoms with Crippen LogP contribution in [0.15, 0.2) is 59.1 Å². The van der Waals surface area contributed by atoms with E-state index in [2.05, 4.69) is 15.2 Å². The molecule has 0 bridgehead atoms. The van der Waals surface area contributed by atoms with Crippen LogP contribution in [0.4, 0.5) is 0 Å². The van der Waals surface area contributed by atoms with Crippen molar-refractivity contribution in [2.45, 2.75) is 13.5 Å². The summed E-state index contributed by atoms with van der Waals surface area (Å²) in [6.07, 6.45) is 0. The molecule has 154 valence electrons. The Morgan fingerprint density at radius 2 is 1.70 bits per heavy atom. The Balaban J connectivity index is 1.55. The molecule has 30 heavy (non-hydrogen) atoms. The van der Waals surface area contributed by atoms with Crippen LogP contribution in [0.1, 0.15) is 32.0 Å². The van der Waals surface area contributed by atoms with Crippen LogP contribution in [0.3, 0.4) is 0 Å². The van der Waals surface area contributed by atoms with Crippen LogP contribution in [0.2, 0.25) is 0 Å². The minimum atomic E-state index is -0.690. The molecule has 8 heteroatoms. The number of aryl methyl sites for hydroxylation is 1. The Bertz CT molecular complexity index is 1040. The van der Waals surface area contributed by atoms with Crippen molar-refractivity contribution in [2.24, 2.45) is 0 Å². The zero-order chi connectivity index (χ0) is 21.5. The number of carbonyl (C=O) groups excluding carboxylic acids is 3. The van der Waals surface area contributed by atoms with Gasteiger partial charge in [0, 0.05) is 12.1 Å². The average Bonchev–Trinajstić information content (AvgIpc) is 3.18. The molecular formula is C22H20N2O6. The Hall–Kier alpha value is -3.94. The van der Waals surface area contributed by atoms with Crippen LogP contribution in [-0.4, -0.2) is 36.7 Å². The Kier molecular flexibility index (Phi) is 6.59. The maximum atomic E-state index is 12.5. The molecule has 0 saturated carbocycles. The van der Waals surface area contributed by atoms with Crippen LogP contribution in [0, 0.1) is 6.92 Å². The summed E-state index contributed by atoms with van der Waals surface area (Å²) in [5, 5.41) is 6.58. The minimum Gasteiger partial charge on any atom is -0.465 e. The number of hydrogen-bond acceptors (Lipinski definition) is 7. The number of benzene rings is 2. The van der Waals surface area contributed by atoms with Gasteiger partial charge in [-0.05, 0) is 24.6 Å². The molecule has 1 amide bonds. The number of nitrogens with one attached hydrogen (secondary N) is 1. The second-order valence-corrected chi connectivity index (χ2v) is 6.37. The van der Waals surface area contributed by atoms with Gasteiger partial charge in [0.15, 0.2) is 6.61 Å². The smallest absolute Gasteiger partial charge is 0.344 e. The van der Waals surface area contributed by atoms with Gasteiger partial charge in [-0.25, -0.2) is 9.59 Å². The van der Waals surface area contributed by atoms with E-state index in [9.17, 15) is 14.4 Å². The van der Waals surface area contributed by atoms with E-state index in [1.807, 2.05) is 18.2 Å². The number of nitrogens with zero attached hydrogens (tertiary/aromatic N) is 1. The van der Waals surface area contributed by atoms with Crippen molar-refractivity contribution < 1.29 is 28.4 Å². The largest absolute Gasteiger partial charge is 0.465 e. The highest BCUT2D eigenvalue weighted by Crippen LogP contribution is 2.25. The number of aromatic nitrogens is 1. The van der Waals surface area contributed by atoms with Gasteiger partial charge in [0.2, 0.25) is 0 Å². The number of esters is 2. The van der Waals surface area contributed by atoms with E-state index in [1.54, 1.807) is 43.3 Å². The van der Waals surface area contributed by atoms with E-state index in [0.29, 0.717) is 22.6 Å². The fraction of sp³-hybridized carbons (Fsp3) is 0.182. The molecule has 0 saturated heterocycles. The first-order valence-electron chi connectivity index (χ1n) is 9.12. The Morgan fingerprint density at radius 3 is 2.37 bits per heavy atom. The van der Waals surface area contributed by atoms with Crippen molar-refractivity contribution in [3.8, 4) is 11.3 Å². The summed E-state index contributed by atoms with van der Waals surface area (Å²) in [4.78, 5) is 36.0. The summed E-state index contributed by atoms with van der Waals surface area (Å²) >= 11 is 0. The fourth-order valence-corrected chi connectivity index (χ4v) is 2.74. The van der Waals surface area contributed by atoms with Crippen molar-refractivity contribution in [3.63, 3.8) is 0 Å². The third-order valence-corrected chi connectivity index (χ3v) is 4.31. The van der Waals surface area contributed by atoms with E-state index in [1.165, 1.54) is 7.11 Å². The number of ether oxygens (including phenoxy) is 2. The molecule has 0 unspecified atom stereocenters. The van der Waals surface area contributed by atoms with Gasteiger partial charge in [-0.15, -0.1) is 0 Å². The third kappa shape index (κ3) is 4.91. The lowest BCUT2D eigenvalue weighted by atomic mass is 10.1. The summed E-state index contributed by atoms with van der Waals surface area (Å²) in [7, 11) is 1.31. The molecule has 0 aliphatic heterocycles. The van der Waals surface area contributed by atoms with Gasteiger partial charge in [0.05, 0.1) is 12.7 Å². The second kappa shape index (κ2) is 9.51.